The molecule has 1 aliphatic rings. The lowest BCUT2D eigenvalue weighted by Gasteiger charge is -2.27. The number of carbonyl (C=O) groups excluding carboxylic acids is 1. The summed E-state index contributed by atoms with van der Waals surface area (Å²) in [6, 6.07) is 1.75. The van der Waals surface area contributed by atoms with E-state index >= 15 is 0 Å². The molecule has 1 saturated carbocycles. The normalized spacial score (nSPS) is 23.0. The van der Waals surface area contributed by atoms with Crippen LogP contribution in [-0.2, 0) is 16.1 Å². The van der Waals surface area contributed by atoms with Gasteiger partial charge in [0, 0.05) is 6.07 Å². The standard InChI is InChI=1S/C13H18N2O4/c1-8-6-9(19-15-8)7-14-12(16)10-4-2-3-5-11(10)13(17)18/h6,10-11H,2-5,7H2,1H3,(H,14,16)(H,17,18). The molecule has 1 aromatic heterocycles. The van der Waals surface area contributed by atoms with Crippen LogP contribution in [0.5, 0.6) is 0 Å². The van der Waals surface area contributed by atoms with Crippen molar-refractivity contribution in [1.29, 1.82) is 0 Å². The van der Waals surface area contributed by atoms with Gasteiger partial charge in [0.05, 0.1) is 24.1 Å². The lowest BCUT2D eigenvalue weighted by atomic mass is 9.79. The second-order valence-corrected chi connectivity index (χ2v) is 4.99. The van der Waals surface area contributed by atoms with Crippen molar-refractivity contribution in [3.63, 3.8) is 0 Å². The van der Waals surface area contributed by atoms with Crippen LogP contribution in [0.1, 0.15) is 37.1 Å². The molecule has 0 radical (unpaired) electrons. The number of carboxylic acid groups (broad SMARTS) is 1. The third kappa shape index (κ3) is 3.33. The fourth-order valence-electron chi connectivity index (χ4n) is 2.55. The second kappa shape index (κ2) is 5.86. The number of aromatic nitrogens is 1. The molecule has 104 valence electrons. The molecule has 6 nitrogen and oxygen atoms in total. The lowest BCUT2D eigenvalue weighted by molar-refractivity contribution is -0.149. The van der Waals surface area contributed by atoms with Crippen molar-refractivity contribution >= 4 is 11.9 Å². The number of nitrogens with zero attached hydrogens (tertiary/aromatic N) is 1. The average molecular weight is 266 g/mol. The van der Waals surface area contributed by atoms with Crippen LogP contribution in [0.3, 0.4) is 0 Å². The Bertz CT molecular complexity index is 469. The summed E-state index contributed by atoms with van der Waals surface area (Å²) in [7, 11) is 0. The van der Waals surface area contributed by atoms with E-state index in [0.717, 1.165) is 18.5 Å². The Morgan fingerprint density at radius 3 is 2.68 bits per heavy atom. The highest BCUT2D eigenvalue weighted by atomic mass is 16.5. The fraction of sp³-hybridized carbons (Fsp3) is 0.615. The van der Waals surface area contributed by atoms with Crippen LogP contribution in [0, 0.1) is 18.8 Å². The summed E-state index contributed by atoms with van der Waals surface area (Å²) >= 11 is 0. The Hall–Kier alpha value is -1.85. The topological polar surface area (TPSA) is 92.4 Å². The van der Waals surface area contributed by atoms with Gasteiger partial charge in [-0.2, -0.15) is 0 Å². The number of amides is 1. The second-order valence-electron chi connectivity index (χ2n) is 4.99. The van der Waals surface area contributed by atoms with Gasteiger partial charge < -0.3 is 14.9 Å². The number of carboxylic acids is 1. The summed E-state index contributed by atoms with van der Waals surface area (Å²) in [5.74, 6) is -1.51. The van der Waals surface area contributed by atoms with Crippen LogP contribution in [0.15, 0.2) is 10.6 Å². The molecule has 0 aliphatic heterocycles. The van der Waals surface area contributed by atoms with Gasteiger partial charge in [0.15, 0.2) is 5.76 Å². The van der Waals surface area contributed by atoms with Gasteiger partial charge in [-0.05, 0) is 19.8 Å². The van der Waals surface area contributed by atoms with Gasteiger partial charge in [0.25, 0.3) is 0 Å². The molecule has 2 rings (SSSR count). The number of hydrogen-bond acceptors (Lipinski definition) is 4. The zero-order chi connectivity index (χ0) is 13.8. The number of rotatable bonds is 4. The third-order valence-electron chi connectivity index (χ3n) is 3.53. The van der Waals surface area contributed by atoms with E-state index in [4.69, 9.17) is 9.63 Å². The highest BCUT2D eigenvalue weighted by Gasteiger charge is 2.35. The molecule has 1 aromatic rings. The first-order valence-corrected chi connectivity index (χ1v) is 6.50. The maximum atomic E-state index is 12.1. The maximum Gasteiger partial charge on any atom is 0.307 e. The van der Waals surface area contributed by atoms with E-state index in [1.807, 2.05) is 0 Å². The van der Waals surface area contributed by atoms with Crippen LogP contribution in [0.2, 0.25) is 0 Å². The van der Waals surface area contributed by atoms with E-state index in [1.54, 1.807) is 13.0 Å². The number of hydrogen-bond donors (Lipinski definition) is 2. The van der Waals surface area contributed by atoms with E-state index in [1.165, 1.54) is 0 Å². The summed E-state index contributed by atoms with van der Waals surface area (Å²) < 4.78 is 5.00. The van der Waals surface area contributed by atoms with Crippen molar-refractivity contribution in [2.75, 3.05) is 0 Å². The lowest BCUT2D eigenvalue weighted by Crippen LogP contribution is -2.39. The Balaban J connectivity index is 1.92. The van der Waals surface area contributed by atoms with Gasteiger partial charge in [-0.3, -0.25) is 9.59 Å². The zero-order valence-electron chi connectivity index (χ0n) is 10.9. The molecule has 1 fully saturated rings. The largest absolute Gasteiger partial charge is 0.481 e. The highest BCUT2D eigenvalue weighted by Crippen LogP contribution is 2.30. The van der Waals surface area contributed by atoms with Gasteiger partial charge >= 0.3 is 5.97 Å². The molecule has 1 aliphatic carbocycles. The first-order valence-electron chi connectivity index (χ1n) is 6.50. The fourth-order valence-corrected chi connectivity index (χ4v) is 2.55. The Kier molecular flexibility index (Phi) is 4.19. The molecular weight excluding hydrogens is 248 g/mol. The van der Waals surface area contributed by atoms with Gasteiger partial charge in [-0.1, -0.05) is 18.0 Å². The van der Waals surface area contributed by atoms with E-state index in [0.29, 0.717) is 18.6 Å². The van der Waals surface area contributed by atoms with Gasteiger partial charge in [-0.15, -0.1) is 0 Å². The molecule has 0 spiro atoms. The molecule has 0 aromatic carbocycles. The van der Waals surface area contributed by atoms with Crippen molar-refractivity contribution in [3.8, 4) is 0 Å². The smallest absolute Gasteiger partial charge is 0.307 e. The Labute approximate surface area is 111 Å². The van der Waals surface area contributed by atoms with E-state index < -0.39 is 17.8 Å². The quantitative estimate of drug-likeness (QED) is 0.861. The Morgan fingerprint density at radius 2 is 2.11 bits per heavy atom. The van der Waals surface area contributed by atoms with Gasteiger partial charge in [0.2, 0.25) is 5.91 Å². The zero-order valence-corrected chi connectivity index (χ0v) is 10.9. The summed E-state index contributed by atoms with van der Waals surface area (Å²) in [6.07, 6.45) is 3.00. The molecule has 19 heavy (non-hydrogen) atoms. The van der Waals surface area contributed by atoms with Gasteiger partial charge in [-0.25, -0.2) is 0 Å². The van der Waals surface area contributed by atoms with Crippen LogP contribution < -0.4 is 5.32 Å². The third-order valence-corrected chi connectivity index (χ3v) is 3.53. The van der Waals surface area contributed by atoms with Gasteiger partial charge in [0.1, 0.15) is 0 Å². The van der Waals surface area contributed by atoms with E-state index in [2.05, 4.69) is 10.5 Å². The van der Waals surface area contributed by atoms with Crippen LogP contribution in [0.4, 0.5) is 0 Å². The minimum absolute atomic E-state index is 0.207. The minimum Gasteiger partial charge on any atom is -0.481 e. The average Bonchev–Trinajstić information content (AvgIpc) is 2.81. The van der Waals surface area contributed by atoms with Crippen molar-refractivity contribution in [2.24, 2.45) is 11.8 Å². The predicted molar refractivity (Wildman–Crippen MR) is 66.2 cm³/mol. The number of aryl methyl sites for hydroxylation is 1. The molecular formula is C13H18N2O4. The number of carbonyl (C=O) groups is 2. The molecule has 0 bridgehead atoms. The van der Waals surface area contributed by atoms with Crippen LogP contribution >= 0.6 is 0 Å². The molecule has 1 amide bonds. The number of aliphatic carboxylic acids is 1. The Morgan fingerprint density at radius 1 is 1.42 bits per heavy atom. The SMILES string of the molecule is Cc1cc(CNC(=O)C2CCCCC2C(=O)O)on1. The predicted octanol–water partition coefficient (Wildman–Crippen LogP) is 1.49. The minimum atomic E-state index is -0.879. The molecule has 1 heterocycles. The van der Waals surface area contributed by atoms with Crippen molar-refractivity contribution in [1.82, 2.24) is 10.5 Å². The molecule has 2 N–H and O–H groups in total. The summed E-state index contributed by atoms with van der Waals surface area (Å²) in [5.41, 5.74) is 0.755. The van der Waals surface area contributed by atoms with Crippen LogP contribution in [-0.4, -0.2) is 22.1 Å². The monoisotopic (exact) mass is 266 g/mol. The highest BCUT2D eigenvalue weighted by molar-refractivity contribution is 5.84. The number of nitrogens with one attached hydrogen (secondary N) is 1. The first-order chi connectivity index (χ1) is 9.08. The maximum absolute atomic E-state index is 12.1. The van der Waals surface area contributed by atoms with Crippen molar-refractivity contribution < 1.29 is 19.2 Å². The summed E-state index contributed by atoms with van der Waals surface area (Å²) in [5, 5.41) is 15.6. The van der Waals surface area contributed by atoms with E-state index in [9.17, 15) is 9.59 Å². The van der Waals surface area contributed by atoms with Crippen molar-refractivity contribution in [2.45, 2.75) is 39.2 Å². The molecule has 0 saturated heterocycles. The van der Waals surface area contributed by atoms with Crippen molar-refractivity contribution in [3.05, 3.63) is 17.5 Å². The first kappa shape index (κ1) is 13.6. The van der Waals surface area contributed by atoms with E-state index in [-0.39, 0.29) is 12.5 Å². The molecule has 6 heteroatoms. The summed E-state index contributed by atoms with van der Waals surface area (Å²) in [4.78, 5) is 23.2. The molecule has 2 unspecified atom stereocenters. The summed E-state index contributed by atoms with van der Waals surface area (Å²) in [6.45, 7) is 2.05. The van der Waals surface area contributed by atoms with Crippen LogP contribution in [0.25, 0.3) is 0 Å². The molecule has 2 atom stereocenters.